The summed E-state index contributed by atoms with van der Waals surface area (Å²) in [5, 5.41) is 31.0. The Bertz CT molecular complexity index is 763. The van der Waals surface area contributed by atoms with Gasteiger partial charge in [-0.05, 0) is 18.2 Å². The quantitative estimate of drug-likeness (QED) is 0.292. The van der Waals surface area contributed by atoms with Crippen LogP contribution in [0.5, 0.6) is 0 Å². The maximum absolute atomic E-state index is 8.36. The zero-order chi connectivity index (χ0) is 17.4. The number of para-hydroxylation sites is 2. The lowest BCUT2D eigenvalue weighted by Crippen LogP contribution is -2.29. The summed E-state index contributed by atoms with van der Waals surface area (Å²) < 4.78 is 2.24. The van der Waals surface area contributed by atoms with Crippen molar-refractivity contribution in [3.8, 4) is 0 Å². The average Bonchev–Trinajstić information content (AvgIpc) is 2.46. The molecule has 2 aromatic carbocycles. The number of aryl methyl sites for hydroxylation is 1. The number of nitrogens with zero attached hydrogens (tertiary/aromatic N) is 3. The van der Waals surface area contributed by atoms with E-state index in [1.807, 2.05) is 0 Å². The van der Waals surface area contributed by atoms with Crippen molar-refractivity contribution in [3.05, 3.63) is 80.0 Å². The summed E-state index contributed by atoms with van der Waals surface area (Å²) in [6.45, 7) is 0. The van der Waals surface area contributed by atoms with E-state index < -0.39 is 10.2 Å². The molecule has 9 heteroatoms. The van der Waals surface area contributed by atoms with Gasteiger partial charge < -0.3 is 20.5 Å². The van der Waals surface area contributed by atoms with E-state index in [1.165, 1.54) is 21.8 Å². The van der Waals surface area contributed by atoms with Gasteiger partial charge in [0.25, 0.3) is 5.09 Å². The number of fused-ring (bicyclic) bond motifs is 2. The summed E-state index contributed by atoms with van der Waals surface area (Å²) in [6.07, 6.45) is 0. The molecule has 0 bridgehead atoms. The summed E-state index contributed by atoms with van der Waals surface area (Å²) in [4.78, 5) is 16.6. The van der Waals surface area contributed by atoms with E-state index in [2.05, 4.69) is 66.2 Å². The highest BCUT2D eigenvalue weighted by molar-refractivity contribution is 5.88. The van der Waals surface area contributed by atoms with Gasteiger partial charge in [-0.3, -0.25) is 0 Å². The van der Waals surface area contributed by atoms with Crippen LogP contribution in [0.3, 0.4) is 0 Å². The summed E-state index contributed by atoms with van der Waals surface area (Å²) in [5.74, 6) is 0. The normalized spacial score (nSPS) is 9.26. The minimum absolute atomic E-state index is 1.27. The molecule has 0 spiro atoms. The highest BCUT2D eigenvalue weighted by Crippen LogP contribution is 2.16. The number of rotatable bonds is 0. The largest absolute Gasteiger partial charge is 0.356 e. The van der Waals surface area contributed by atoms with E-state index in [4.69, 9.17) is 30.6 Å². The van der Waals surface area contributed by atoms with Gasteiger partial charge in [-0.2, -0.15) is 4.57 Å². The van der Waals surface area contributed by atoms with E-state index in [0.717, 1.165) is 0 Å². The summed E-state index contributed by atoms with van der Waals surface area (Å²) in [6, 6.07) is 19.2. The van der Waals surface area contributed by atoms with Gasteiger partial charge in [0, 0.05) is 22.9 Å². The number of benzene rings is 2. The van der Waals surface area contributed by atoms with Gasteiger partial charge in [0.2, 0.25) is 11.0 Å². The second kappa shape index (κ2) is 8.08. The molecule has 0 saturated heterocycles. The molecule has 0 unspecified atom stereocenters. The Morgan fingerprint density at radius 3 is 1.52 bits per heavy atom. The third-order valence-corrected chi connectivity index (χ3v) is 2.91. The van der Waals surface area contributed by atoms with Crippen molar-refractivity contribution in [2.24, 2.45) is 7.05 Å². The van der Waals surface area contributed by atoms with Crippen molar-refractivity contribution >= 4 is 21.8 Å². The van der Waals surface area contributed by atoms with Crippen molar-refractivity contribution in [2.75, 3.05) is 0 Å². The standard InChI is InChI=1S/C14H12N.HNO3.NO3/c1-15-13-8-4-2-6-11(13)10-12-7-3-5-9-14(12)15;2*2-1(3)4/h2-10H,1H3;(H,2,3,4);/q+1;;-1. The molecule has 0 atom stereocenters. The van der Waals surface area contributed by atoms with E-state index in [9.17, 15) is 0 Å². The molecule has 3 rings (SSSR count). The fourth-order valence-electron chi connectivity index (χ4n) is 2.13. The van der Waals surface area contributed by atoms with Crippen molar-refractivity contribution in [2.45, 2.75) is 0 Å². The van der Waals surface area contributed by atoms with Gasteiger partial charge in [0.1, 0.15) is 7.05 Å². The smallest absolute Gasteiger partial charge is 0.291 e. The number of hydrogen-bond acceptors (Lipinski definition) is 5. The Labute approximate surface area is 129 Å². The Morgan fingerprint density at radius 1 is 0.870 bits per heavy atom. The van der Waals surface area contributed by atoms with Crippen LogP contribution >= 0.6 is 0 Å². The predicted molar refractivity (Wildman–Crippen MR) is 81.8 cm³/mol. The van der Waals surface area contributed by atoms with Gasteiger partial charge >= 0.3 is 0 Å². The second-order valence-corrected chi connectivity index (χ2v) is 4.28. The third kappa shape index (κ3) is 5.42. The third-order valence-electron chi connectivity index (χ3n) is 2.91. The van der Waals surface area contributed by atoms with E-state index in [-0.39, 0.29) is 0 Å². The molecule has 3 aromatic rings. The molecule has 0 aliphatic heterocycles. The molecule has 0 amide bonds. The van der Waals surface area contributed by atoms with Crippen LogP contribution < -0.4 is 4.57 Å². The first-order valence-electron chi connectivity index (χ1n) is 6.24. The van der Waals surface area contributed by atoms with E-state index in [1.54, 1.807) is 0 Å². The van der Waals surface area contributed by atoms with Crippen LogP contribution in [-0.2, 0) is 7.05 Å². The van der Waals surface area contributed by atoms with Crippen LogP contribution in [0, 0.1) is 25.4 Å². The molecule has 0 fully saturated rings. The lowest BCUT2D eigenvalue weighted by atomic mass is 10.1. The summed E-state index contributed by atoms with van der Waals surface area (Å²) >= 11 is 0. The lowest BCUT2D eigenvalue weighted by molar-refractivity contribution is -0.742. The minimum atomic E-state index is -1.75. The van der Waals surface area contributed by atoms with Gasteiger partial charge in [-0.15, -0.1) is 10.1 Å². The Balaban J connectivity index is 0.000000281. The predicted octanol–water partition coefficient (Wildman–Crippen LogP) is 2.23. The fourth-order valence-corrected chi connectivity index (χ4v) is 2.13. The molecular formula is C14H13N3O6. The topological polar surface area (TPSA) is 133 Å². The molecule has 0 radical (unpaired) electrons. The van der Waals surface area contributed by atoms with Gasteiger partial charge in [0.15, 0.2) is 0 Å². The van der Waals surface area contributed by atoms with Crippen LogP contribution in [0.4, 0.5) is 0 Å². The molecule has 1 aromatic heterocycles. The van der Waals surface area contributed by atoms with Crippen LogP contribution in [0.1, 0.15) is 0 Å². The molecule has 1 N–H and O–H groups in total. The molecular weight excluding hydrogens is 306 g/mol. The summed E-state index contributed by atoms with van der Waals surface area (Å²) in [5.41, 5.74) is 2.55. The van der Waals surface area contributed by atoms with Gasteiger partial charge in [-0.1, -0.05) is 24.3 Å². The van der Waals surface area contributed by atoms with Crippen molar-refractivity contribution in [1.82, 2.24) is 0 Å². The van der Waals surface area contributed by atoms with E-state index in [0.29, 0.717) is 0 Å². The second-order valence-electron chi connectivity index (χ2n) is 4.28. The highest BCUT2D eigenvalue weighted by Gasteiger charge is 2.09. The Morgan fingerprint density at radius 2 is 1.17 bits per heavy atom. The van der Waals surface area contributed by atoms with Gasteiger partial charge in [-0.25, -0.2) is 0 Å². The molecule has 0 aliphatic rings. The molecule has 1 heterocycles. The van der Waals surface area contributed by atoms with Gasteiger partial charge in [0.05, 0.1) is 5.09 Å². The maximum Gasteiger partial charge on any atom is 0.291 e. The highest BCUT2D eigenvalue weighted by atomic mass is 16.9. The van der Waals surface area contributed by atoms with Crippen LogP contribution in [0.15, 0.2) is 54.6 Å². The van der Waals surface area contributed by atoms with Crippen LogP contribution in [0.25, 0.3) is 21.8 Å². The van der Waals surface area contributed by atoms with Crippen LogP contribution in [-0.4, -0.2) is 15.4 Å². The maximum atomic E-state index is 8.36. The minimum Gasteiger partial charge on any atom is -0.356 e. The molecule has 120 valence electrons. The summed E-state index contributed by atoms with van der Waals surface area (Å²) in [7, 11) is 2.12. The average molecular weight is 319 g/mol. The monoisotopic (exact) mass is 319 g/mol. The first kappa shape index (κ1) is 17.6. The Hall–Kier alpha value is -3.49. The molecule has 23 heavy (non-hydrogen) atoms. The SMILES string of the molecule is C[n+]1c2ccccc2cc2ccccc21.O=[N+]([O-])O.O=[N+]([O-])[O-]. The molecule has 0 saturated carbocycles. The van der Waals surface area contributed by atoms with E-state index >= 15 is 0 Å². The van der Waals surface area contributed by atoms with Crippen molar-refractivity contribution in [1.29, 1.82) is 0 Å². The van der Waals surface area contributed by atoms with Crippen molar-refractivity contribution < 1.29 is 19.9 Å². The zero-order valence-corrected chi connectivity index (χ0v) is 12.0. The Kier molecular flexibility index (Phi) is 6.17. The first-order valence-corrected chi connectivity index (χ1v) is 6.24. The fraction of sp³-hybridized carbons (Fsp3) is 0.0714. The molecule has 9 nitrogen and oxygen atoms in total. The number of pyridine rings is 1. The first-order chi connectivity index (χ1) is 10.8. The number of aromatic nitrogens is 1. The van der Waals surface area contributed by atoms with Crippen LogP contribution in [0.2, 0.25) is 0 Å². The lowest BCUT2D eigenvalue weighted by Gasteiger charge is -2.00. The zero-order valence-electron chi connectivity index (χ0n) is 12.0. The molecule has 0 aliphatic carbocycles. The number of hydrogen-bond donors (Lipinski definition) is 1. The van der Waals surface area contributed by atoms with Crippen molar-refractivity contribution in [3.63, 3.8) is 0 Å².